The number of nitrogens with zero attached hydrogens (tertiary/aromatic N) is 1. The standard InChI is InChI=1S/C45H33NO/c47-45(35-19-8-3-9-20-35)46(38-22-14-21-36(31-38)32-15-4-1-5-16-32)37-29-27-34(28-30-37)44-41-25-12-10-23-39(41)43(33-17-6-2-7-18-33)40-24-11-13-26-42(40)44/h2-4,6-31H,1,5H2. The number of rotatable bonds is 6. The molecule has 0 heterocycles. The van der Waals surface area contributed by atoms with Gasteiger partial charge in [0.1, 0.15) is 0 Å². The molecule has 0 atom stereocenters. The van der Waals surface area contributed by atoms with Gasteiger partial charge in [0, 0.05) is 16.9 Å². The van der Waals surface area contributed by atoms with Gasteiger partial charge in [-0.3, -0.25) is 9.69 Å². The zero-order chi connectivity index (χ0) is 31.6. The quantitative estimate of drug-likeness (QED) is 0.173. The van der Waals surface area contributed by atoms with Gasteiger partial charge in [0.2, 0.25) is 0 Å². The Bertz CT molecular complexity index is 2240. The molecule has 2 heteroatoms. The molecule has 1 aliphatic rings. The van der Waals surface area contributed by atoms with Crippen LogP contribution < -0.4 is 4.90 Å². The summed E-state index contributed by atoms with van der Waals surface area (Å²) in [6, 6.07) is 54.4. The summed E-state index contributed by atoms with van der Waals surface area (Å²) < 4.78 is 0. The molecule has 0 bridgehead atoms. The first-order chi connectivity index (χ1) is 23.3. The molecular weight excluding hydrogens is 571 g/mol. The lowest BCUT2D eigenvalue weighted by molar-refractivity contribution is 0.0999. The summed E-state index contributed by atoms with van der Waals surface area (Å²) in [5.74, 6) is -0.0632. The fraction of sp³-hybridized carbons (Fsp3) is 0.0444. The molecule has 0 aliphatic heterocycles. The summed E-state index contributed by atoms with van der Waals surface area (Å²) in [6.07, 6.45) is 8.76. The first kappa shape index (κ1) is 28.5. The van der Waals surface area contributed by atoms with E-state index in [4.69, 9.17) is 0 Å². The van der Waals surface area contributed by atoms with Crippen LogP contribution in [0.5, 0.6) is 0 Å². The predicted octanol–water partition coefficient (Wildman–Crippen LogP) is 12.0. The molecule has 1 aliphatic carbocycles. The topological polar surface area (TPSA) is 20.3 Å². The van der Waals surface area contributed by atoms with Crippen molar-refractivity contribution in [2.75, 3.05) is 4.90 Å². The molecule has 7 aromatic rings. The average molecular weight is 604 g/mol. The Morgan fingerprint density at radius 2 is 1.00 bits per heavy atom. The third-order valence-corrected chi connectivity index (χ3v) is 9.06. The highest BCUT2D eigenvalue weighted by Gasteiger charge is 2.22. The van der Waals surface area contributed by atoms with Gasteiger partial charge in [-0.2, -0.15) is 0 Å². The summed E-state index contributed by atoms with van der Waals surface area (Å²) in [5.41, 5.74) is 9.37. The van der Waals surface area contributed by atoms with Crippen LogP contribution >= 0.6 is 0 Å². The van der Waals surface area contributed by atoms with Crippen molar-refractivity contribution in [1.29, 1.82) is 0 Å². The summed E-state index contributed by atoms with van der Waals surface area (Å²) in [6.45, 7) is 0. The molecule has 0 unspecified atom stereocenters. The van der Waals surface area contributed by atoms with E-state index in [1.165, 1.54) is 43.8 Å². The molecule has 7 aromatic carbocycles. The third kappa shape index (κ3) is 5.34. The second kappa shape index (κ2) is 12.4. The minimum Gasteiger partial charge on any atom is -0.277 e. The molecule has 2 nitrogen and oxygen atoms in total. The van der Waals surface area contributed by atoms with Gasteiger partial charge in [0.25, 0.3) is 5.91 Å². The highest BCUT2D eigenvalue weighted by atomic mass is 16.2. The van der Waals surface area contributed by atoms with Crippen LogP contribution in [0.1, 0.15) is 28.8 Å². The number of carbonyl (C=O) groups is 1. The lowest BCUT2D eigenvalue weighted by atomic mass is 9.86. The molecule has 224 valence electrons. The Morgan fingerprint density at radius 1 is 0.468 bits per heavy atom. The predicted molar refractivity (Wildman–Crippen MR) is 198 cm³/mol. The second-order valence-electron chi connectivity index (χ2n) is 12.0. The first-order valence-corrected chi connectivity index (χ1v) is 16.2. The fourth-order valence-corrected chi connectivity index (χ4v) is 6.88. The van der Waals surface area contributed by atoms with Crippen molar-refractivity contribution in [3.05, 3.63) is 187 Å². The number of benzene rings is 7. The van der Waals surface area contributed by atoms with Crippen molar-refractivity contribution in [2.45, 2.75) is 12.8 Å². The van der Waals surface area contributed by atoms with E-state index in [0.717, 1.165) is 35.3 Å². The van der Waals surface area contributed by atoms with Crippen molar-refractivity contribution >= 4 is 44.4 Å². The number of hydrogen-bond donors (Lipinski definition) is 0. The van der Waals surface area contributed by atoms with E-state index < -0.39 is 0 Å². The molecule has 47 heavy (non-hydrogen) atoms. The Hall–Kier alpha value is -5.99. The fourth-order valence-electron chi connectivity index (χ4n) is 6.88. The van der Waals surface area contributed by atoms with Gasteiger partial charge in [0.05, 0.1) is 0 Å². The number of allylic oxidation sites excluding steroid dienone is 4. The maximum Gasteiger partial charge on any atom is 0.262 e. The molecule has 0 N–H and O–H groups in total. The minimum atomic E-state index is -0.0632. The van der Waals surface area contributed by atoms with Crippen molar-refractivity contribution in [2.24, 2.45) is 0 Å². The minimum absolute atomic E-state index is 0.0632. The number of anilines is 2. The van der Waals surface area contributed by atoms with Crippen LogP contribution in [0.3, 0.4) is 0 Å². The van der Waals surface area contributed by atoms with Crippen molar-refractivity contribution in [3.8, 4) is 22.3 Å². The van der Waals surface area contributed by atoms with E-state index in [1.807, 2.05) is 47.4 Å². The van der Waals surface area contributed by atoms with Crippen LogP contribution in [0.2, 0.25) is 0 Å². The lowest BCUT2D eigenvalue weighted by Crippen LogP contribution is -2.26. The van der Waals surface area contributed by atoms with E-state index in [0.29, 0.717) is 5.56 Å². The van der Waals surface area contributed by atoms with Crippen LogP contribution in [0, 0.1) is 0 Å². The molecule has 0 fully saturated rings. The number of carbonyl (C=O) groups excluding carboxylic acids is 1. The van der Waals surface area contributed by atoms with Crippen molar-refractivity contribution in [3.63, 3.8) is 0 Å². The van der Waals surface area contributed by atoms with Gasteiger partial charge in [-0.15, -0.1) is 0 Å². The molecule has 8 rings (SSSR count). The number of hydrogen-bond acceptors (Lipinski definition) is 1. The summed E-state index contributed by atoms with van der Waals surface area (Å²) >= 11 is 0. The highest BCUT2D eigenvalue weighted by molar-refractivity contribution is 6.21. The van der Waals surface area contributed by atoms with E-state index in [1.54, 1.807) is 0 Å². The molecule has 0 radical (unpaired) electrons. The third-order valence-electron chi connectivity index (χ3n) is 9.06. The monoisotopic (exact) mass is 603 g/mol. The lowest BCUT2D eigenvalue weighted by Gasteiger charge is -2.25. The highest BCUT2D eigenvalue weighted by Crippen LogP contribution is 2.44. The number of fused-ring (bicyclic) bond motifs is 2. The smallest absolute Gasteiger partial charge is 0.262 e. The molecule has 1 amide bonds. The molecule has 0 aromatic heterocycles. The molecule has 0 saturated heterocycles. The van der Waals surface area contributed by atoms with E-state index in [2.05, 4.69) is 133 Å². The molecule has 0 saturated carbocycles. The van der Waals surface area contributed by atoms with Gasteiger partial charge in [-0.05, 0) is 104 Å². The van der Waals surface area contributed by atoms with Crippen molar-refractivity contribution < 1.29 is 4.79 Å². The van der Waals surface area contributed by atoms with E-state index >= 15 is 0 Å². The average Bonchev–Trinajstić information content (AvgIpc) is 3.15. The number of amides is 1. The van der Waals surface area contributed by atoms with Crippen LogP contribution in [-0.2, 0) is 0 Å². The Kier molecular flexibility index (Phi) is 7.53. The second-order valence-corrected chi connectivity index (χ2v) is 12.0. The van der Waals surface area contributed by atoms with Gasteiger partial charge in [-0.25, -0.2) is 0 Å². The first-order valence-electron chi connectivity index (χ1n) is 16.2. The normalized spacial score (nSPS) is 12.6. The molecule has 0 spiro atoms. The zero-order valence-electron chi connectivity index (χ0n) is 26.0. The van der Waals surface area contributed by atoms with Crippen LogP contribution in [0.15, 0.2) is 176 Å². The largest absolute Gasteiger partial charge is 0.277 e. The zero-order valence-corrected chi connectivity index (χ0v) is 26.0. The maximum atomic E-state index is 14.2. The van der Waals surface area contributed by atoms with Gasteiger partial charge in [-0.1, -0.05) is 140 Å². The summed E-state index contributed by atoms with van der Waals surface area (Å²) in [4.78, 5) is 16.0. The van der Waals surface area contributed by atoms with Crippen LogP contribution in [0.4, 0.5) is 11.4 Å². The Labute approximate surface area is 275 Å². The van der Waals surface area contributed by atoms with Crippen molar-refractivity contribution in [1.82, 2.24) is 0 Å². The van der Waals surface area contributed by atoms with Gasteiger partial charge in [0.15, 0.2) is 0 Å². The van der Waals surface area contributed by atoms with E-state index in [-0.39, 0.29) is 5.91 Å². The Balaban J connectivity index is 1.28. The van der Waals surface area contributed by atoms with Crippen LogP contribution in [-0.4, -0.2) is 5.91 Å². The summed E-state index contributed by atoms with van der Waals surface area (Å²) in [7, 11) is 0. The van der Waals surface area contributed by atoms with Gasteiger partial charge < -0.3 is 0 Å². The summed E-state index contributed by atoms with van der Waals surface area (Å²) in [5, 5.41) is 4.86. The van der Waals surface area contributed by atoms with Gasteiger partial charge >= 0.3 is 0 Å². The van der Waals surface area contributed by atoms with E-state index in [9.17, 15) is 4.79 Å². The SMILES string of the molecule is O=C(c1ccccc1)N(c1ccc(-c2c3ccccc3c(-c3ccccc3)c3ccccc23)cc1)c1cccc(C2=CCCC=C2)c1. The maximum absolute atomic E-state index is 14.2. The Morgan fingerprint density at radius 3 is 1.57 bits per heavy atom. The molecular formula is C45H33NO. The van der Waals surface area contributed by atoms with Crippen LogP contribution in [0.25, 0.3) is 49.4 Å².